The number of anilines is 1. The molecule has 0 amide bonds. The number of hydrogen-bond donors (Lipinski definition) is 1. The van der Waals surface area contributed by atoms with E-state index in [1.807, 2.05) is 56.9 Å². The molecule has 0 bridgehead atoms. The highest BCUT2D eigenvalue weighted by Crippen LogP contribution is 2.23. The highest BCUT2D eigenvalue weighted by molar-refractivity contribution is 6.02. The average molecular weight is 274 g/mol. The number of Topliss-reactive ketones (excluding diaryl/α,β-unsaturated/α-hetero) is 1. The molecule has 0 saturated carbocycles. The second-order valence-electron chi connectivity index (χ2n) is 6.24. The maximum atomic E-state index is 12.3. The zero-order chi connectivity index (χ0) is 15.3. The largest absolute Gasteiger partial charge is 0.323 e. The predicted molar refractivity (Wildman–Crippen MR) is 85.6 cm³/mol. The Bertz CT molecular complexity index is 486. The highest BCUT2D eigenvalue weighted by atomic mass is 16.1. The molecular formula is C17H26N2O. The van der Waals surface area contributed by atoms with Gasteiger partial charge in [0.15, 0.2) is 5.78 Å². The number of aryl methyl sites for hydroxylation is 1. The summed E-state index contributed by atoms with van der Waals surface area (Å²) in [5.74, 6) is 0.668. The molecule has 20 heavy (non-hydrogen) atoms. The molecule has 0 aliphatic rings. The molecule has 0 unspecified atom stereocenters. The molecule has 3 nitrogen and oxygen atoms in total. The van der Waals surface area contributed by atoms with E-state index in [1.165, 1.54) is 0 Å². The minimum atomic E-state index is -0.382. The van der Waals surface area contributed by atoms with Crippen LogP contribution in [0.4, 0.5) is 5.69 Å². The first-order valence-electron chi connectivity index (χ1n) is 7.21. The molecule has 1 aromatic rings. The maximum absolute atomic E-state index is 12.3. The summed E-state index contributed by atoms with van der Waals surface area (Å²) in [5, 5.41) is 8.25. The molecule has 0 fully saturated rings. The molecule has 0 aliphatic heterocycles. The SMILES string of the molecule is CCCC(=N)N(CC(=O)C(C)(C)C)c1ccccc1C. The summed E-state index contributed by atoms with van der Waals surface area (Å²) in [4.78, 5) is 14.2. The van der Waals surface area contributed by atoms with Crippen LogP contribution in [0.2, 0.25) is 0 Å². The first-order chi connectivity index (χ1) is 9.27. The second-order valence-corrected chi connectivity index (χ2v) is 6.24. The van der Waals surface area contributed by atoms with Crippen molar-refractivity contribution in [2.75, 3.05) is 11.4 Å². The zero-order valence-corrected chi connectivity index (χ0v) is 13.3. The summed E-state index contributed by atoms with van der Waals surface area (Å²) in [6.07, 6.45) is 1.59. The Balaban J connectivity index is 3.07. The van der Waals surface area contributed by atoms with E-state index in [-0.39, 0.29) is 17.7 Å². The van der Waals surface area contributed by atoms with Crippen LogP contribution in [-0.4, -0.2) is 18.2 Å². The number of carbonyl (C=O) groups excluding carboxylic acids is 1. The predicted octanol–water partition coefficient (Wildman–Crippen LogP) is 4.19. The van der Waals surface area contributed by atoms with Crippen LogP contribution in [0.1, 0.15) is 46.1 Å². The molecule has 1 N–H and O–H groups in total. The number of nitrogens with one attached hydrogen (secondary N) is 1. The van der Waals surface area contributed by atoms with E-state index in [0.29, 0.717) is 12.3 Å². The van der Waals surface area contributed by atoms with E-state index < -0.39 is 0 Å². The molecule has 1 rings (SSSR count). The lowest BCUT2D eigenvalue weighted by molar-refractivity contribution is -0.124. The molecule has 0 aromatic heterocycles. The van der Waals surface area contributed by atoms with Crippen molar-refractivity contribution in [3.05, 3.63) is 29.8 Å². The molecule has 0 saturated heterocycles. The minimum absolute atomic E-state index is 0.154. The summed E-state index contributed by atoms with van der Waals surface area (Å²) in [7, 11) is 0. The van der Waals surface area contributed by atoms with Crippen molar-refractivity contribution in [2.24, 2.45) is 5.41 Å². The van der Waals surface area contributed by atoms with E-state index >= 15 is 0 Å². The third-order valence-corrected chi connectivity index (χ3v) is 3.36. The molecule has 1 aromatic carbocycles. The first kappa shape index (κ1) is 16.4. The van der Waals surface area contributed by atoms with Crippen LogP contribution < -0.4 is 4.90 Å². The van der Waals surface area contributed by atoms with Gasteiger partial charge in [-0.15, -0.1) is 0 Å². The molecule has 0 atom stereocenters. The Morgan fingerprint density at radius 2 is 1.85 bits per heavy atom. The maximum Gasteiger partial charge on any atom is 0.157 e. The number of nitrogens with zero attached hydrogens (tertiary/aromatic N) is 1. The van der Waals surface area contributed by atoms with Gasteiger partial charge in [0.2, 0.25) is 0 Å². The fraction of sp³-hybridized carbons (Fsp3) is 0.529. The third-order valence-electron chi connectivity index (χ3n) is 3.36. The van der Waals surface area contributed by atoms with Crippen molar-refractivity contribution in [3.63, 3.8) is 0 Å². The quantitative estimate of drug-likeness (QED) is 0.646. The van der Waals surface area contributed by atoms with E-state index in [9.17, 15) is 4.79 Å². The Labute approximate surface area is 122 Å². The summed E-state index contributed by atoms with van der Waals surface area (Å²) in [6, 6.07) is 7.93. The summed E-state index contributed by atoms with van der Waals surface area (Å²) in [5.41, 5.74) is 1.67. The number of amidine groups is 1. The highest BCUT2D eigenvalue weighted by Gasteiger charge is 2.25. The van der Waals surface area contributed by atoms with Gasteiger partial charge in [-0.05, 0) is 25.0 Å². The first-order valence-corrected chi connectivity index (χ1v) is 7.21. The average Bonchev–Trinajstić information content (AvgIpc) is 2.35. The topological polar surface area (TPSA) is 44.2 Å². The van der Waals surface area contributed by atoms with Crippen LogP contribution in [-0.2, 0) is 4.79 Å². The summed E-state index contributed by atoms with van der Waals surface area (Å²) < 4.78 is 0. The molecule has 0 spiro atoms. The van der Waals surface area contributed by atoms with Crippen LogP contribution in [0.3, 0.4) is 0 Å². The van der Waals surface area contributed by atoms with Crippen LogP contribution in [0.5, 0.6) is 0 Å². The Hall–Kier alpha value is -1.64. The monoisotopic (exact) mass is 274 g/mol. The number of hydrogen-bond acceptors (Lipinski definition) is 2. The van der Waals surface area contributed by atoms with E-state index in [1.54, 1.807) is 0 Å². The van der Waals surface area contributed by atoms with Gasteiger partial charge < -0.3 is 4.90 Å². The van der Waals surface area contributed by atoms with Crippen molar-refractivity contribution in [2.45, 2.75) is 47.5 Å². The molecule has 0 radical (unpaired) electrons. The van der Waals surface area contributed by atoms with Crippen molar-refractivity contribution >= 4 is 17.3 Å². The Morgan fingerprint density at radius 1 is 1.25 bits per heavy atom. The fourth-order valence-corrected chi connectivity index (χ4v) is 1.94. The molecular weight excluding hydrogens is 248 g/mol. The number of para-hydroxylation sites is 1. The van der Waals surface area contributed by atoms with Crippen molar-refractivity contribution in [1.29, 1.82) is 5.41 Å². The lowest BCUT2D eigenvalue weighted by atomic mass is 9.90. The van der Waals surface area contributed by atoms with Crippen LogP contribution in [0.15, 0.2) is 24.3 Å². The lowest BCUT2D eigenvalue weighted by Crippen LogP contribution is -2.39. The van der Waals surface area contributed by atoms with Gasteiger partial charge in [-0.2, -0.15) is 0 Å². The van der Waals surface area contributed by atoms with Crippen molar-refractivity contribution < 1.29 is 4.79 Å². The molecule has 110 valence electrons. The standard InChI is InChI=1S/C17H26N2O/c1-6-9-16(18)19(12-15(20)17(3,4)5)14-11-8-7-10-13(14)2/h7-8,10-11,18H,6,9,12H2,1-5H3. The van der Waals surface area contributed by atoms with Crippen LogP contribution in [0, 0.1) is 17.7 Å². The zero-order valence-electron chi connectivity index (χ0n) is 13.3. The van der Waals surface area contributed by atoms with E-state index in [0.717, 1.165) is 17.7 Å². The van der Waals surface area contributed by atoms with Crippen molar-refractivity contribution in [1.82, 2.24) is 0 Å². The van der Waals surface area contributed by atoms with Gasteiger partial charge in [0, 0.05) is 17.5 Å². The van der Waals surface area contributed by atoms with E-state index in [2.05, 4.69) is 6.92 Å². The van der Waals surface area contributed by atoms with Gasteiger partial charge in [0.25, 0.3) is 0 Å². The van der Waals surface area contributed by atoms with Gasteiger partial charge in [0.1, 0.15) is 5.84 Å². The van der Waals surface area contributed by atoms with Gasteiger partial charge >= 0.3 is 0 Å². The number of carbonyl (C=O) groups is 1. The summed E-state index contributed by atoms with van der Waals surface area (Å²) >= 11 is 0. The molecule has 0 aliphatic carbocycles. The molecule has 0 heterocycles. The number of rotatable bonds is 5. The summed E-state index contributed by atoms with van der Waals surface area (Å²) in [6.45, 7) is 10.1. The number of ketones is 1. The Morgan fingerprint density at radius 3 is 2.35 bits per heavy atom. The third kappa shape index (κ3) is 4.19. The molecule has 3 heteroatoms. The fourth-order valence-electron chi connectivity index (χ4n) is 1.94. The van der Waals surface area contributed by atoms with Gasteiger partial charge in [0.05, 0.1) is 6.54 Å². The lowest BCUT2D eigenvalue weighted by Gasteiger charge is -2.29. The van der Waals surface area contributed by atoms with Gasteiger partial charge in [-0.3, -0.25) is 10.2 Å². The van der Waals surface area contributed by atoms with Crippen molar-refractivity contribution in [3.8, 4) is 0 Å². The Kier molecular flexibility index (Phi) is 5.49. The van der Waals surface area contributed by atoms with Crippen LogP contribution >= 0.6 is 0 Å². The minimum Gasteiger partial charge on any atom is -0.323 e. The number of benzene rings is 1. The second kappa shape index (κ2) is 6.69. The van der Waals surface area contributed by atoms with Gasteiger partial charge in [-0.1, -0.05) is 45.9 Å². The normalized spacial score (nSPS) is 11.2. The smallest absolute Gasteiger partial charge is 0.157 e. The van der Waals surface area contributed by atoms with Crippen LogP contribution in [0.25, 0.3) is 0 Å². The van der Waals surface area contributed by atoms with Gasteiger partial charge in [-0.25, -0.2) is 0 Å². The van der Waals surface area contributed by atoms with E-state index in [4.69, 9.17) is 5.41 Å².